The molecule has 0 aliphatic rings. The minimum Gasteiger partial charge on any atom is -0.486 e. The molecule has 4 aromatic rings. The van der Waals surface area contributed by atoms with E-state index >= 15 is 0 Å². The van der Waals surface area contributed by atoms with Crippen LogP contribution in [0.2, 0.25) is 5.02 Å². The number of hydrogen-bond acceptors (Lipinski definition) is 5. The van der Waals surface area contributed by atoms with Gasteiger partial charge in [-0.1, -0.05) is 47.5 Å². The zero-order chi connectivity index (χ0) is 21.8. The van der Waals surface area contributed by atoms with Crippen molar-refractivity contribution in [2.75, 3.05) is 5.32 Å². The van der Waals surface area contributed by atoms with Crippen LogP contribution in [0.1, 0.15) is 38.0 Å². The Labute approximate surface area is 189 Å². The molecule has 2 aromatic carbocycles. The molecule has 0 spiro atoms. The van der Waals surface area contributed by atoms with Crippen LogP contribution in [0.3, 0.4) is 0 Å². The summed E-state index contributed by atoms with van der Waals surface area (Å²) in [5, 5.41) is 4.06. The summed E-state index contributed by atoms with van der Waals surface area (Å²) in [6.45, 7) is 4.19. The van der Waals surface area contributed by atoms with Crippen molar-refractivity contribution in [2.24, 2.45) is 0 Å². The van der Waals surface area contributed by atoms with Crippen LogP contribution in [0.4, 0.5) is 5.13 Å². The Bertz CT molecular complexity index is 1200. The number of hydrogen-bond donors (Lipinski definition) is 1. The molecule has 1 N–H and O–H groups in total. The van der Waals surface area contributed by atoms with E-state index in [0.717, 1.165) is 32.5 Å². The summed E-state index contributed by atoms with van der Waals surface area (Å²) in [5.74, 6) is 1.18. The molecule has 0 saturated carbocycles. The SMILES string of the molecule is Cc1ccc(OCc2ccc(C(=O)Nc3nc(C)c(Cc4ccccc4Cl)s3)o2)cc1. The number of ether oxygens (including phenoxy) is 1. The highest BCUT2D eigenvalue weighted by atomic mass is 35.5. The van der Waals surface area contributed by atoms with E-state index in [-0.39, 0.29) is 18.3 Å². The van der Waals surface area contributed by atoms with Gasteiger partial charge in [-0.15, -0.1) is 11.3 Å². The maximum absolute atomic E-state index is 12.6. The molecule has 0 aliphatic carbocycles. The number of amides is 1. The number of benzene rings is 2. The van der Waals surface area contributed by atoms with Crippen LogP contribution in [-0.4, -0.2) is 10.9 Å². The zero-order valence-corrected chi connectivity index (χ0v) is 18.7. The number of furan rings is 1. The summed E-state index contributed by atoms with van der Waals surface area (Å²) in [4.78, 5) is 18.1. The molecule has 0 bridgehead atoms. The van der Waals surface area contributed by atoms with Gasteiger partial charge in [0.05, 0.1) is 5.69 Å². The molecule has 2 heterocycles. The topological polar surface area (TPSA) is 64.4 Å². The van der Waals surface area contributed by atoms with Crippen molar-refractivity contribution in [1.82, 2.24) is 4.98 Å². The smallest absolute Gasteiger partial charge is 0.293 e. The molecule has 0 saturated heterocycles. The third kappa shape index (κ3) is 5.34. The number of halogens is 1. The fourth-order valence-corrected chi connectivity index (χ4v) is 4.17. The molecule has 0 atom stereocenters. The summed E-state index contributed by atoms with van der Waals surface area (Å²) >= 11 is 7.70. The first-order valence-electron chi connectivity index (χ1n) is 9.77. The lowest BCUT2D eigenvalue weighted by molar-refractivity contribution is 0.0992. The average Bonchev–Trinajstić information content (AvgIpc) is 3.36. The molecule has 0 unspecified atom stereocenters. The van der Waals surface area contributed by atoms with Crippen molar-refractivity contribution in [3.8, 4) is 5.75 Å². The van der Waals surface area contributed by atoms with Crippen LogP contribution in [0.5, 0.6) is 5.75 Å². The fourth-order valence-electron chi connectivity index (χ4n) is 2.99. The lowest BCUT2D eigenvalue weighted by atomic mass is 10.1. The van der Waals surface area contributed by atoms with Crippen molar-refractivity contribution < 1.29 is 13.9 Å². The second-order valence-corrected chi connectivity index (χ2v) is 8.61. The third-order valence-corrected chi connectivity index (χ3v) is 6.15. The van der Waals surface area contributed by atoms with Crippen molar-refractivity contribution in [3.63, 3.8) is 0 Å². The molecule has 1 amide bonds. The van der Waals surface area contributed by atoms with Gasteiger partial charge < -0.3 is 9.15 Å². The van der Waals surface area contributed by atoms with Gasteiger partial charge in [-0.25, -0.2) is 4.98 Å². The summed E-state index contributed by atoms with van der Waals surface area (Å²) in [6.07, 6.45) is 0.667. The van der Waals surface area contributed by atoms with E-state index in [2.05, 4.69) is 10.3 Å². The second kappa shape index (κ2) is 9.37. The number of thiazole rings is 1. The van der Waals surface area contributed by atoms with Crippen molar-refractivity contribution in [3.05, 3.63) is 98.9 Å². The normalized spacial score (nSPS) is 10.8. The predicted octanol–water partition coefficient (Wildman–Crippen LogP) is 6.43. The number of rotatable bonds is 7. The fraction of sp³-hybridized carbons (Fsp3) is 0.167. The van der Waals surface area contributed by atoms with Gasteiger partial charge in [0.25, 0.3) is 5.91 Å². The van der Waals surface area contributed by atoms with Crippen LogP contribution >= 0.6 is 22.9 Å². The van der Waals surface area contributed by atoms with Crippen LogP contribution in [0.25, 0.3) is 0 Å². The molecular formula is C24H21ClN2O3S. The van der Waals surface area contributed by atoms with E-state index in [4.69, 9.17) is 20.8 Å². The Hall–Kier alpha value is -3.09. The van der Waals surface area contributed by atoms with Crippen molar-refractivity contribution in [2.45, 2.75) is 26.9 Å². The Morgan fingerprint density at radius 1 is 1.10 bits per heavy atom. The lowest BCUT2D eigenvalue weighted by Crippen LogP contribution is -2.10. The minimum absolute atomic E-state index is 0.211. The molecule has 0 radical (unpaired) electrons. The highest BCUT2D eigenvalue weighted by Gasteiger charge is 2.16. The summed E-state index contributed by atoms with van der Waals surface area (Å²) in [5.41, 5.74) is 3.06. The van der Waals surface area contributed by atoms with E-state index in [9.17, 15) is 4.79 Å². The first kappa shape index (κ1) is 21.2. The van der Waals surface area contributed by atoms with E-state index in [1.807, 2.05) is 62.4 Å². The lowest BCUT2D eigenvalue weighted by Gasteiger charge is -2.04. The third-order valence-electron chi connectivity index (χ3n) is 4.71. The number of anilines is 1. The predicted molar refractivity (Wildman–Crippen MR) is 123 cm³/mol. The summed E-state index contributed by atoms with van der Waals surface area (Å²) in [6, 6.07) is 18.8. The largest absolute Gasteiger partial charge is 0.486 e. The highest BCUT2D eigenvalue weighted by molar-refractivity contribution is 7.15. The van der Waals surface area contributed by atoms with Gasteiger partial charge in [0, 0.05) is 16.3 Å². The van der Waals surface area contributed by atoms with Gasteiger partial charge in [0.15, 0.2) is 10.9 Å². The van der Waals surface area contributed by atoms with Crippen LogP contribution < -0.4 is 10.1 Å². The molecule has 5 nitrogen and oxygen atoms in total. The van der Waals surface area contributed by atoms with Gasteiger partial charge in [-0.3, -0.25) is 10.1 Å². The van der Waals surface area contributed by atoms with Gasteiger partial charge in [0.1, 0.15) is 18.1 Å². The number of nitrogens with zero attached hydrogens (tertiary/aromatic N) is 1. The average molecular weight is 453 g/mol. The Morgan fingerprint density at radius 2 is 1.87 bits per heavy atom. The Morgan fingerprint density at radius 3 is 2.65 bits per heavy atom. The minimum atomic E-state index is -0.348. The van der Waals surface area contributed by atoms with Crippen molar-refractivity contribution >= 4 is 34.0 Å². The number of carbonyl (C=O) groups is 1. The molecular weight excluding hydrogens is 432 g/mol. The van der Waals surface area contributed by atoms with Gasteiger partial charge in [-0.2, -0.15) is 0 Å². The van der Waals surface area contributed by atoms with E-state index in [1.54, 1.807) is 12.1 Å². The number of aryl methyl sites for hydroxylation is 2. The van der Waals surface area contributed by atoms with E-state index in [0.29, 0.717) is 17.3 Å². The maximum atomic E-state index is 12.6. The van der Waals surface area contributed by atoms with Gasteiger partial charge in [-0.05, 0) is 49.7 Å². The van der Waals surface area contributed by atoms with Crippen LogP contribution in [0, 0.1) is 13.8 Å². The molecule has 7 heteroatoms. The number of carbonyl (C=O) groups excluding carboxylic acids is 1. The van der Waals surface area contributed by atoms with E-state index in [1.165, 1.54) is 11.3 Å². The first-order chi connectivity index (χ1) is 15.0. The molecule has 31 heavy (non-hydrogen) atoms. The molecule has 0 aliphatic heterocycles. The number of aromatic nitrogens is 1. The molecule has 158 valence electrons. The van der Waals surface area contributed by atoms with E-state index < -0.39 is 0 Å². The number of nitrogens with one attached hydrogen (secondary N) is 1. The van der Waals surface area contributed by atoms with Crippen LogP contribution in [-0.2, 0) is 13.0 Å². The second-order valence-electron chi connectivity index (χ2n) is 7.12. The monoisotopic (exact) mass is 452 g/mol. The highest BCUT2D eigenvalue weighted by Crippen LogP contribution is 2.28. The maximum Gasteiger partial charge on any atom is 0.293 e. The standard InChI is InChI=1S/C24H21ClN2O3S/c1-15-7-9-18(10-8-15)29-14-19-11-12-21(30-19)23(28)27-24-26-16(2)22(31-24)13-17-5-3-4-6-20(17)25/h3-12H,13-14H2,1-2H3,(H,26,27,28). The van der Waals surface area contributed by atoms with Crippen molar-refractivity contribution in [1.29, 1.82) is 0 Å². The first-order valence-corrected chi connectivity index (χ1v) is 11.0. The Balaban J connectivity index is 1.37. The van der Waals surface area contributed by atoms with Gasteiger partial charge >= 0.3 is 0 Å². The Kier molecular flexibility index (Phi) is 6.39. The van der Waals surface area contributed by atoms with Crippen LogP contribution in [0.15, 0.2) is 65.1 Å². The summed E-state index contributed by atoms with van der Waals surface area (Å²) < 4.78 is 11.3. The summed E-state index contributed by atoms with van der Waals surface area (Å²) in [7, 11) is 0. The quantitative estimate of drug-likeness (QED) is 0.351. The van der Waals surface area contributed by atoms with Gasteiger partial charge in [0.2, 0.25) is 0 Å². The zero-order valence-electron chi connectivity index (χ0n) is 17.1. The molecule has 2 aromatic heterocycles. The molecule has 0 fully saturated rings. The molecule has 4 rings (SSSR count).